The van der Waals surface area contributed by atoms with Gasteiger partial charge in [-0.25, -0.2) is 4.98 Å². The Kier molecular flexibility index (Phi) is 5.24. The molecule has 3 heterocycles. The molecule has 0 fully saturated rings. The van der Waals surface area contributed by atoms with Crippen molar-refractivity contribution in [3.8, 4) is 17.2 Å². The Labute approximate surface area is 162 Å². The van der Waals surface area contributed by atoms with Crippen molar-refractivity contribution < 1.29 is 9.26 Å². The monoisotopic (exact) mass is 373 g/mol. The highest BCUT2D eigenvalue weighted by Gasteiger charge is 2.10. The Hall–Kier alpha value is -3.74. The number of methoxy groups -OCH3 is 1. The number of nitrogens with one attached hydrogen (secondary N) is 1. The molecule has 4 aromatic rings. The summed E-state index contributed by atoms with van der Waals surface area (Å²) in [5.74, 6) is 2.68. The number of ether oxygens (including phenoxy) is 1. The van der Waals surface area contributed by atoms with Gasteiger partial charge in [0.05, 0.1) is 12.7 Å². The summed E-state index contributed by atoms with van der Waals surface area (Å²) in [6.45, 7) is 0.682. The molecule has 7 heteroatoms. The number of aromatic nitrogens is 4. The molecule has 1 N–H and O–H groups in total. The van der Waals surface area contributed by atoms with E-state index in [1.54, 1.807) is 25.7 Å². The SMILES string of the molecule is COc1ccc(Cc2noc(-c3ccc(NCc4ccncc4)nc3)n2)cc1. The molecule has 0 aliphatic heterocycles. The second-order valence-electron chi connectivity index (χ2n) is 6.18. The van der Waals surface area contributed by atoms with Crippen molar-refractivity contribution in [2.45, 2.75) is 13.0 Å². The Bertz CT molecular complexity index is 1010. The van der Waals surface area contributed by atoms with Crippen LogP contribution in [0.15, 0.2) is 71.6 Å². The van der Waals surface area contributed by atoms with E-state index in [1.807, 2.05) is 48.5 Å². The summed E-state index contributed by atoms with van der Waals surface area (Å²) in [7, 11) is 1.65. The third-order valence-corrected chi connectivity index (χ3v) is 4.22. The summed E-state index contributed by atoms with van der Waals surface area (Å²) in [5.41, 5.74) is 3.01. The molecule has 0 spiro atoms. The molecule has 140 valence electrons. The summed E-state index contributed by atoms with van der Waals surface area (Å²) in [6.07, 6.45) is 5.85. The molecule has 0 aliphatic rings. The molecule has 0 saturated carbocycles. The van der Waals surface area contributed by atoms with Gasteiger partial charge in [-0.2, -0.15) is 4.98 Å². The minimum atomic E-state index is 0.455. The Morgan fingerprint density at radius 3 is 2.50 bits per heavy atom. The molecule has 0 radical (unpaired) electrons. The highest BCUT2D eigenvalue weighted by Crippen LogP contribution is 2.19. The van der Waals surface area contributed by atoms with Crippen LogP contribution in [0.1, 0.15) is 17.0 Å². The zero-order chi connectivity index (χ0) is 19.2. The number of pyridine rings is 2. The summed E-state index contributed by atoms with van der Waals surface area (Å²) >= 11 is 0. The quantitative estimate of drug-likeness (QED) is 0.528. The number of hydrogen-bond acceptors (Lipinski definition) is 7. The largest absolute Gasteiger partial charge is 0.497 e. The van der Waals surface area contributed by atoms with Crippen molar-refractivity contribution >= 4 is 5.82 Å². The van der Waals surface area contributed by atoms with E-state index < -0.39 is 0 Å². The van der Waals surface area contributed by atoms with E-state index in [-0.39, 0.29) is 0 Å². The first-order chi connectivity index (χ1) is 13.8. The van der Waals surface area contributed by atoms with Crippen LogP contribution < -0.4 is 10.1 Å². The van der Waals surface area contributed by atoms with Crippen molar-refractivity contribution in [2.24, 2.45) is 0 Å². The van der Waals surface area contributed by atoms with E-state index in [0.717, 1.165) is 28.3 Å². The summed E-state index contributed by atoms with van der Waals surface area (Å²) in [4.78, 5) is 12.9. The van der Waals surface area contributed by atoms with Crippen LogP contribution in [-0.4, -0.2) is 27.2 Å². The van der Waals surface area contributed by atoms with Crippen molar-refractivity contribution in [2.75, 3.05) is 12.4 Å². The van der Waals surface area contributed by atoms with Crippen LogP contribution in [-0.2, 0) is 13.0 Å². The van der Waals surface area contributed by atoms with Gasteiger partial charge in [0.25, 0.3) is 5.89 Å². The lowest BCUT2D eigenvalue weighted by Crippen LogP contribution is -2.01. The minimum absolute atomic E-state index is 0.455. The predicted molar refractivity (Wildman–Crippen MR) is 105 cm³/mol. The zero-order valence-corrected chi connectivity index (χ0v) is 15.4. The van der Waals surface area contributed by atoms with Crippen LogP contribution in [0.4, 0.5) is 5.82 Å². The molecule has 3 aromatic heterocycles. The van der Waals surface area contributed by atoms with Gasteiger partial charge in [0, 0.05) is 31.6 Å². The summed E-state index contributed by atoms with van der Waals surface area (Å²) in [5, 5.41) is 7.33. The van der Waals surface area contributed by atoms with Crippen LogP contribution in [0.5, 0.6) is 5.75 Å². The van der Waals surface area contributed by atoms with E-state index in [4.69, 9.17) is 9.26 Å². The molecule has 0 aliphatic carbocycles. The third kappa shape index (κ3) is 4.32. The number of benzene rings is 1. The van der Waals surface area contributed by atoms with Gasteiger partial charge in [-0.3, -0.25) is 4.98 Å². The first-order valence-electron chi connectivity index (χ1n) is 8.85. The fourth-order valence-electron chi connectivity index (χ4n) is 2.69. The first kappa shape index (κ1) is 17.7. The number of anilines is 1. The van der Waals surface area contributed by atoms with E-state index in [2.05, 4.69) is 25.4 Å². The van der Waals surface area contributed by atoms with Crippen LogP contribution in [0.2, 0.25) is 0 Å². The standard InChI is InChI=1S/C21H19N5O2/c1-27-18-5-2-15(3-6-18)12-20-25-21(28-26-20)17-4-7-19(24-14-17)23-13-16-8-10-22-11-9-16/h2-11,14H,12-13H2,1H3,(H,23,24). The van der Waals surface area contributed by atoms with Crippen molar-refractivity contribution in [3.63, 3.8) is 0 Å². The maximum absolute atomic E-state index is 5.38. The molecule has 0 saturated heterocycles. The first-order valence-corrected chi connectivity index (χ1v) is 8.85. The zero-order valence-electron chi connectivity index (χ0n) is 15.4. The average molecular weight is 373 g/mol. The molecule has 0 atom stereocenters. The lowest BCUT2D eigenvalue weighted by Gasteiger charge is -2.05. The second kappa shape index (κ2) is 8.30. The van der Waals surface area contributed by atoms with Gasteiger partial charge in [0.1, 0.15) is 11.6 Å². The topological polar surface area (TPSA) is 86.0 Å². The Balaban J connectivity index is 1.39. The lowest BCUT2D eigenvalue weighted by molar-refractivity contribution is 0.414. The van der Waals surface area contributed by atoms with Crippen LogP contribution >= 0.6 is 0 Å². The van der Waals surface area contributed by atoms with Crippen molar-refractivity contribution in [3.05, 3.63) is 84.1 Å². The van der Waals surface area contributed by atoms with Gasteiger partial charge < -0.3 is 14.6 Å². The molecule has 0 amide bonds. The average Bonchev–Trinajstić information content (AvgIpc) is 3.22. The van der Waals surface area contributed by atoms with Gasteiger partial charge in [-0.05, 0) is 47.5 Å². The van der Waals surface area contributed by atoms with E-state index >= 15 is 0 Å². The highest BCUT2D eigenvalue weighted by molar-refractivity contribution is 5.54. The van der Waals surface area contributed by atoms with Crippen LogP contribution in [0.25, 0.3) is 11.5 Å². The second-order valence-corrected chi connectivity index (χ2v) is 6.18. The van der Waals surface area contributed by atoms with E-state index in [0.29, 0.717) is 24.7 Å². The number of nitrogens with zero attached hydrogens (tertiary/aromatic N) is 4. The van der Waals surface area contributed by atoms with Crippen molar-refractivity contribution in [1.29, 1.82) is 0 Å². The molecular weight excluding hydrogens is 354 g/mol. The van der Waals surface area contributed by atoms with Gasteiger partial charge in [-0.15, -0.1) is 0 Å². The lowest BCUT2D eigenvalue weighted by atomic mass is 10.1. The van der Waals surface area contributed by atoms with E-state index in [9.17, 15) is 0 Å². The fraction of sp³-hybridized carbons (Fsp3) is 0.143. The maximum Gasteiger partial charge on any atom is 0.259 e. The normalized spacial score (nSPS) is 10.6. The van der Waals surface area contributed by atoms with Crippen LogP contribution in [0, 0.1) is 0 Å². The summed E-state index contributed by atoms with van der Waals surface area (Å²) < 4.78 is 10.6. The molecular formula is C21H19N5O2. The molecule has 4 rings (SSSR count). The van der Waals surface area contributed by atoms with Gasteiger partial charge >= 0.3 is 0 Å². The number of rotatable bonds is 7. The van der Waals surface area contributed by atoms with Gasteiger partial charge in [-0.1, -0.05) is 17.3 Å². The summed E-state index contributed by atoms with van der Waals surface area (Å²) in [6, 6.07) is 15.5. The fourth-order valence-corrected chi connectivity index (χ4v) is 2.69. The Morgan fingerprint density at radius 2 is 1.79 bits per heavy atom. The smallest absolute Gasteiger partial charge is 0.259 e. The van der Waals surface area contributed by atoms with Crippen LogP contribution in [0.3, 0.4) is 0 Å². The maximum atomic E-state index is 5.38. The molecule has 1 aromatic carbocycles. The van der Waals surface area contributed by atoms with E-state index in [1.165, 1.54) is 0 Å². The highest BCUT2D eigenvalue weighted by atomic mass is 16.5. The third-order valence-electron chi connectivity index (χ3n) is 4.22. The van der Waals surface area contributed by atoms with Crippen molar-refractivity contribution in [1.82, 2.24) is 20.1 Å². The molecule has 28 heavy (non-hydrogen) atoms. The Morgan fingerprint density at radius 1 is 0.964 bits per heavy atom. The number of hydrogen-bond donors (Lipinski definition) is 1. The van der Waals surface area contributed by atoms with Gasteiger partial charge in [0.2, 0.25) is 0 Å². The minimum Gasteiger partial charge on any atom is -0.497 e. The molecule has 0 bridgehead atoms. The molecule has 0 unspecified atom stereocenters. The molecule has 7 nitrogen and oxygen atoms in total. The van der Waals surface area contributed by atoms with Gasteiger partial charge in [0.15, 0.2) is 5.82 Å². The predicted octanol–water partition coefficient (Wildman–Crippen LogP) is 3.74.